The van der Waals surface area contributed by atoms with Crippen LogP contribution >= 0.6 is 23.4 Å². The summed E-state index contributed by atoms with van der Waals surface area (Å²) in [7, 11) is 0. The molecule has 4 nitrogen and oxygen atoms in total. The van der Waals surface area contributed by atoms with E-state index in [0.29, 0.717) is 16.4 Å². The van der Waals surface area contributed by atoms with Gasteiger partial charge in [-0.3, -0.25) is 9.59 Å². The Kier molecular flexibility index (Phi) is 6.68. The zero-order chi connectivity index (χ0) is 19.9. The van der Waals surface area contributed by atoms with E-state index in [1.54, 1.807) is 48.5 Å². The third-order valence-corrected chi connectivity index (χ3v) is 4.95. The zero-order valence-corrected chi connectivity index (χ0v) is 16.2. The first-order valence-electron chi connectivity index (χ1n) is 8.35. The fourth-order valence-electron chi connectivity index (χ4n) is 2.39. The average Bonchev–Trinajstić information content (AvgIpc) is 2.69. The number of benzene rings is 3. The van der Waals surface area contributed by atoms with E-state index in [1.807, 2.05) is 6.07 Å². The lowest BCUT2D eigenvalue weighted by molar-refractivity contribution is -0.113. The van der Waals surface area contributed by atoms with Crippen LogP contribution in [0.15, 0.2) is 77.7 Å². The van der Waals surface area contributed by atoms with Crippen LogP contribution in [-0.2, 0) is 4.79 Å². The van der Waals surface area contributed by atoms with Gasteiger partial charge in [-0.25, -0.2) is 4.39 Å². The van der Waals surface area contributed by atoms with Gasteiger partial charge in [0.25, 0.3) is 5.91 Å². The third-order valence-electron chi connectivity index (χ3n) is 3.71. The van der Waals surface area contributed by atoms with Crippen molar-refractivity contribution in [2.45, 2.75) is 4.90 Å². The van der Waals surface area contributed by atoms with Crippen LogP contribution in [0.2, 0.25) is 5.02 Å². The zero-order valence-electron chi connectivity index (χ0n) is 14.6. The Bertz CT molecular complexity index is 996. The normalized spacial score (nSPS) is 10.4. The Balaban J connectivity index is 1.57. The van der Waals surface area contributed by atoms with E-state index in [1.165, 1.54) is 30.0 Å². The van der Waals surface area contributed by atoms with E-state index >= 15 is 0 Å². The van der Waals surface area contributed by atoms with Gasteiger partial charge in [0, 0.05) is 21.3 Å². The lowest BCUT2D eigenvalue weighted by Crippen LogP contribution is -2.14. The predicted molar refractivity (Wildman–Crippen MR) is 112 cm³/mol. The fraction of sp³-hybridized carbons (Fsp3) is 0.0476. The van der Waals surface area contributed by atoms with Gasteiger partial charge >= 0.3 is 0 Å². The van der Waals surface area contributed by atoms with Crippen molar-refractivity contribution >= 4 is 46.6 Å². The van der Waals surface area contributed by atoms with Crippen LogP contribution < -0.4 is 10.6 Å². The number of hydrogen-bond acceptors (Lipinski definition) is 3. The highest BCUT2D eigenvalue weighted by Crippen LogP contribution is 2.23. The highest BCUT2D eigenvalue weighted by Gasteiger charge is 2.11. The molecule has 0 aliphatic carbocycles. The van der Waals surface area contributed by atoms with Crippen LogP contribution in [0.1, 0.15) is 10.4 Å². The second-order valence-electron chi connectivity index (χ2n) is 5.81. The van der Waals surface area contributed by atoms with E-state index in [0.717, 1.165) is 4.90 Å². The molecule has 0 spiro atoms. The van der Waals surface area contributed by atoms with Gasteiger partial charge in [-0.1, -0.05) is 29.8 Å². The maximum Gasteiger partial charge on any atom is 0.258 e. The summed E-state index contributed by atoms with van der Waals surface area (Å²) in [4.78, 5) is 25.1. The number of rotatable bonds is 6. The monoisotopic (exact) mass is 414 g/mol. The number of halogens is 2. The van der Waals surface area contributed by atoms with Gasteiger partial charge in [0.15, 0.2) is 0 Å². The molecule has 0 aliphatic heterocycles. The van der Waals surface area contributed by atoms with Gasteiger partial charge in [0.05, 0.1) is 11.3 Å². The molecule has 3 aromatic carbocycles. The molecular weight excluding hydrogens is 399 g/mol. The van der Waals surface area contributed by atoms with Gasteiger partial charge in [-0.05, 0) is 54.6 Å². The minimum Gasteiger partial charge on any atom is -0.325 e. The Hall–Kier alpha value is -2.83. The van der Waals surface area contributed by atoms with E-state index in [-0.39, 0.29) is 17.2 Å². The highest BCUT2D eigenvalue weighted by molar-refractivity contribution is 8.00. The quantitative estimate of drug-likeness (QED) is 0.526. The number of carbonyl (C=O) groups is 2. The molecule has 0 saturated carbocycles. The van der Waals surface area contributed by atoms with Gasteiger partial charge < -0.3 is 10.6 Å². The number of carbonyl (C=O) groups excluding carboxylic acids is 2. The van der Waals surface area contributed by atoms with Crippen LogP contribution in [0.25, 0.3) is 0 Å². The summed E-state index contributed by atoms with van der Waals surface area (Å²) < 4.78 is 13.7. The summed E-state index contributed by atoms with van der Waals surface area (Å²) in [5.41, 5.74) is 1.17. The molecule has 7 heteroatoms. The van der Waals surface area contributed by atoms with E-state index in [4.69, 9.17) is 11.6 Å². The van der Waals surface area contributed by atoms with Crippen molar-refractivity contribution < 1.29 is 14.0 Å². The van der Waals surface area contributed by atoms with Crippen molar-refractivity contribution in [1.82, 2.24) is 0 Å². The van der Waals surface area contributed by atoms with Crippen molar-refractivity contribution in [3.63, 3.8) is 0 Å². The van der Waals surface area contributed by atoms with E-state index in [2.05, 4.69) is 10.6 Å². The summed E-state index contributed by atoms with van der Waals surface area (Å²) >= 11 is 7.15. The Morgan fingerprint density at radius 3 is 2.39 bits per heavy atom. The molecule has 28 heavy (non-hydrogen) atoms. The summed E-state index contributed by atoms with van der Waals surface area (Å²) in [6.07, 6.45) is 0. The molecule has 3 rings (SSSR count). The smallest absolute Gasteiger partial charge is 0.258 e. The molecule has 2 amide bonds. The lowest BCUT2D eigenvalue weighted by Gasteiger charge is -2.08. The predicted octanol–water partition coefficient (Wildman–Crippen LogP) is 5.46. The van der Waals surface area contributed by atoms with Gasteiger partial charge in [0.2, 0.25) is 5.91 Å². The van der Waals surface area contributed by atoms with Crippen molar-refractivity contribution in [1.29, 1.82) is 0 Å². The van der Waals surface area contributed by atoms with E-state index < -0.39 is 11.7 Å². The average molecular weight is 415 g/mol. The molecule has 0 atom stereocenters. The highest BCUT2D eigenvalue weighted by atomic mass is 35.5. The molecule has 0 saturated heterocycles. The van der Waals surface area contributed by atoms with Crippen LogP contribution in [0, 0.1) is 5.82 Å². The number of hydrogen-bond donors (Lipinski definition) is 2. The van der Waals surface area contributed by atoms with Crippen LogP contribution in [0.3, 0.4) is 0 Å². The van der Waals surface area contributed by atoms with Crippen molar-refractivity contribution in [3.8, 4) is 0 Å². The number of anilines is 2. The first kappa shape index (κ1) is 19.9. The van der Waals surface area contributed by atoms with Crippen molar-refractivity contribution in [2.75, 3.05) is 16.4 Å². The molecule has 0 radical (unpaired) electrons. The molecular formula is C21H16ClFN2O2S. The van der Waals surface area contributed by atoms with Crippen molar-refractivity contribution in [3.05, 3.63) is 89.2 Å². The summed E-state index contributed by atoms with van der Waals surface area (Å²) in [5, 5.41) is 6.05. The molecule has 0 aromatic heterocycles. The first-order chi connectivity index (χ1) is 13.5. The molecule has 0 fully saturated rings. The summed E-state index contributed by atoms with van der Waals surface area (Å²) in [6.45, 7) is 0. The molecule has 0 heterocycles. The first-order valence-corrected chi connectivity index (χ1v) is 9.72. The number of nitrogens with one attached hydrogen (secondary N) is 2. The molecule has 0 bridgehead atoms. The second kappa shape index (κ2) is 9.39. The van der Waals surface area contributed by atoms with Gasteiger partial charge in [0.1, 0.15) is 5.82 Å². The second-order valence-corrected chi connectivity index (χ2v) is 7.29. The van der Waals surface area contributed by atoms with Crippen LogP contribution in [-0.4, -0.2) is 17.6 Å². The maximum absolute atomic E-state index is 13.7. The van der Waals surface area contributed by atoms with Gasteiger partial charge in [-0.2, -0.15) is 0 Å². The molecule has 3 aromatic rings. The summed E-state index contributed by atoms with van der Waals surface area (Å²) in [5.74, 6) is -1.06. The fourth-order valence-corrected chi connectivity index (χ4v) is 3.27. The topological polar surface area (TPSA) is 58.2 Å². The van der Waals surface area contributed by atoms with Crippen LogP contribution in [0.4, 0.5) is 15.8 Å². The van der Waals surface area contributed by atoms with Crippen molar-refractivity contribution in [2.24, 2.45) is 0 Å². The number of thioether (sulfide) groups is 1. The standard InChI is InChI=1S/C21H16ClFN2O2S/c22-14-8-10-15(11-9-14)24-20(26)13-28-17-5-3-4-16(12-17)25-21(27)18-6-1-2-7-19(18)23/h1-12H,13H2,(H,24,26)(H,25,27). The minimum absolute atomic E-state index is 0.0251. The molecule has 142 valence electrons. The Morgan fingerprint density at radius 1 is 0.893 bits per heavy atom. The van der Waals surface area contributed by atoms with E-state index in [9.17, 15) is 14.0 Å². The third kappa shape index (κ3) is 5.58. The minimum atomic E-state index is -0.579. The molecule has 0 aliphatic rings. The lowest BCUT2D eigenvalue weighted by atomic mass is 10.2. The summed E-state index contributed by atoms with van der Waals surface area (Å²) in [6, 6.07) is 19.7. The Labute approximate surface area is 171 Å². The number of amides is 2. The molecule has 0 unspecified atom stereocenters. The van der Waals surface area contributed by atoms with Crippen LogP contribution in [0.5, 0.6) is 0 Å². The Morgan fingerprint density at radius 2 is 1.64 bits per heavy atom. The maximum atomic E-state index is 13.7. The van der Waals surface area contributed by atoms with Gasteiger partial charge in [-0.15, -0.1) is 11.8 Å². The molecule has 2 N–H and O–H groups in total. The SMILES string of the molecule is O=C(CSc1cccc(NC(=O)c2ccccc2F)c1)Nc1ccc(Cl)cc1. The largest absolute Gasteiger partial charge is 0.325 e.